The number of hydrogen-bond acceptors (Lipinski definition) is 4. The van der Waals surface area contributed by atoms with Crippen molar-refractivity contribution in [2.24, 2.45) is 0 Å². The maximum atomic E-state index is 13.9. The van der Waals surface area contributed by atoms with E-state index in [0.717, 1.165) is 29.5 Å². The van der Waals surface area contributed by atoms with E-state index >= 15 is 0 Å². The van der Waals surface area contributed by atoms with E-state index in [0.29, 0.717) is 10.7 Å². The molecule has 0 bridgehead atoms. The summed E-state index contributed by atoms with van der Waals surface area (Å²) in [4.78, 5) is 15.1. The quantitative estimate of drug-likeness (QED) is 0.786. The molecule has 1 unspecified atom stereocenters. The van der Waals surface area contributed by atoms with Crippen LogP contribution in [0.15, 0.2) is 23.4 Å². The number of halogens is 1. The van der Waals surface area contributed by atoms with Crippen LogP contribution in [-0.2, 0) is 4.79 Å². The van der Waals surface area contributed by atoms with Crippen molar-refractivity contribution in [1.29, 1.82) is 0 Å². The number of benzene rings is 1. The molecular weight excluding hydrogens is 311 g/mol. The lowest BCUT2D eigenvalue weighted by atomic mass is 10.2. The number of carbonyl (C=O) groups is 1. The molecule has 0 aliphatic carbocycles. The summed E-state index contributed by atoms with van der Waals surface area (Å²) in [7, 11) is 0. The van der Waals surface area contributed by atoms with Crippen molar-refractivity contribution in [2.75, 3.05) is 17.8 Å². The molecule has 0 saturated carbocycles. The van der Waals surface area contributed by atoms with Crippen molar-refractivity contribution in [3.05, 3.63) is 24.0 Å². The lowest BCUT2D eigenvalue weighted by Crippen LogP contribution is -2.12. The van der Waals surface area contributed by atoms with Gasteiger partial charge in [-0.05, 0) is 24.8 Å². The summed E-state index contributed by atoms with van der Waals surface area (Å²) >= 11 is 2.85. The number of thioether (sulfide) groups is 2. The topological polar surface area (TPSA) is 55.1 Å². The van der Waals surface area contributed by atoms with Gasteiger partial charge >= 0.3 is 5.97 Å². The van der Waals surface area contributed by atoms with Gasteiger partial charge in [0.2, 0.25) is 0 Å². The molecule has 0 amide bonds. The summed E-state index contributed by atoms with van der Waals surface area (Å²) in [5, 5.41) is 9.43. The number of imidazole rings is 1. The fourth-order valence-corrected chi connectivity index (χ4v) is 3.77. The number of aromatic nitrogens is 2. The minimum Gasteiger partial charge on any atom is -0.481 e. The summed E-state index contributed by atoms with van der Waals surface area (Å²) in [6.07, 6.45) is 2.90. The predicted octanol–water partition coefficient (Wildman–Crippen LogP) is 3.67. The van der Waals surface area contributed by atoms with Gasteiger partial charge in [-0.15, -0.1) is 0 Å². The second-order valence-electron chi connectivity index (χ2n) is 4.57. The monoisotopic (exact) mass is 328 g/mol. The van der Waals surface area contributed by atoms with E-state index in [-0.39, 0.29) is 17.6 Å². The molecule has 1 N–H and O–H groups in total. The molecule has 1 heterocycles. The van der Waals surface area contributed by atoms with Crippen LogP contribution in [0.4, 0.5) is 4.39 Å². The third-order valence-corrected chi connectivity index (χ3v) is 4.81. The Morgan fingerprint density at radius 1 is 1.52 bits per heavy atom. The van der Waals surface area contributed by atoms with Gasteiger partial charge < -0.3 is 9.67 Å². The molecule has 1 atom stereocenters. The summed E-state index contributed by atoms with van der Waals surface area (Å²) in [5.74, 6) is -0.487. The van der Waals surface area contributed by atoms with E-state index < -0.39 is 5.97 Å². The van der Waals surface area contributed by atoms with Gasteiger partial charge in [-0.25, -0.2) is 9.37 Å². The summed E-state index contributed by atoms with van der Waals surface area (Å²) in [5.41, 5.74) is 1.04. The van der Waals surface area contributed by atoms with Crippen LogP contribution in [0, 0.1) is 5.82 Å². The van der Waals surface area contributed by atoms with Gasteiger partial charge in [0.15, 0.2) is 11.0 Å². The second-order valence-corrected chi connectivity index (χ2v) is 6.42. The first-order chi connectivity index (χ1) is 10.1. The molecule has 2 aromatic rings. The summed E-state index contributed by atoms with van der Waals surface area (Å²) in [6, 6.07) is 5.04. The lowest BCUT2D eigenvalue weighted by molar-refractivity contribution is -0.133. The minimum absolute atomic E-state index is 0.0827. The van der Waals surface area contributed by atoms with Crippen molar-refractivity contribution in [3.8, 4) is 0 Å². The van der Waals surface area contributed by atoms with E-state index in [9.17, 15) is 9.18 Å². The Labute approximate surface area is 131 Å². The molecule has 1 aromatic carbocycles. The highest BCUT2D eigenvalue weighted by Crippen LogP contribution is 2.31. The molecular formula is C14H17FN2O2S2. The average Bonchev–Trinajstić information content (AvgIpc) is 2.82. The molecule has 4 nitrogen and oxygen atoms in total. The molecule has 0 radical (unpaired) electrons. The number of carboxylic acids is 1. The third kappa shape index (κ3) is 3.52. The van der Waals surface area contributed by atoms with Crippen LogP contribution in [0.3, 0.4) is 0 Å². The molecule has 0 saturated heterocycles. The number of fused-ring (bicyclic) bond motifs is 1. The summed E-state index contributed by atoms with van der Waals surface area (Å²) < 4.78 is 15.9. The van der Waals surface area contributed by atoms with Gasteiger partial charge in [0.1, 0.15) is 5.52 Å². The molecule has 7 heteroatoms. The number of para-hydroxylation sites is 1. The standard InChI is InChI=1S/C14H17FN2O2S2/c1-3-9(7-20-2)17-11-6-4-5-10(15)13(11)16-14(17)21-8-12(18)19/h4-6,9H,3,7-8H2,1-2H3,(H,18,19). The Kier molecular flexibility index (Phi) is 5.52. The fraction of sp³-hybridized carbons (Fsp3) is 0.429. The first kappa shape index (κ1) is 16.2. The fourth-order valence-electron chi connectivity index (χ4n) is 2.21. The van der Waals surface area contributed by atoms with E-state index in [2.05, 4.69) is 11.9 Å². The molecule has 0 spiro atoms. The van der Waals surface area contributed by atoms with Crippen LogP contribution in [0.2, 0.25) is 0 Å². The molecule has 21 heavy (non-hydrogen) atoms. The van der Waals surface area contributed by atoms with Crippen molar-refractivity contribution >= 4 is 40.5 Å². The largest absolute Gasteiger partial charge is 0.481 e. The van der Waals surface area contributed by atoms with Crippen LogP contribution in [0.25, 0.3) is 11.0 Å². The SMILES string of the molecule is CCC(CSC)n1c(SCC(=O)O)nc2c(F)cccc21. The highest BCUT2D eigenvalue weighted by Gasteiger charge is 2.20. The van der Waals surface area contributed by atoms with Gasteiger partial charge in [-0.1, -0.05) is 24.8 Å². The second kappa shape index (κ2) is 7.17. The Morgan fingerprint density at radius 2 is 2.29 bits per heavy atom. The van der Waals surface area contributed by atoms with Crippen LogP contribution in [0.1, 0.15) is 19.4 Å². The zero-order chi connectivity index (χ0) is 15.4. The highest BCUT2D eigenvalue weighted by molar-refractivity contribution is 7.99. The average molecular weight is 328 g/mol. The number of aliphatic carboxylic acids is 1. The van der Waals surface area contributed by atoms with Crippen LogP contribution in [-0.4, -0.2) is 38.4 Å². The van der Waals surface area contributed by atoms with Crippen molar-refractivity contribution in [2.45, 2.75) is 24.5 Å². The molecule has 0 fully saturated rings. The van der Waals surface area contributed by atoms with Gasteiger partial charge in [0.05, 0.1) is 11.3 Å². The zero-order valence-corrected chi connectivity index (χ0v) is 13.5. The number of hydrogen-bond donors (Lipinski definition) is 1. The van der Waals surface area contributed by atoms with Gasteiger partial charge in [0.25, 0.3) is 0 Å². The number of rotatable bonds is 7. The van der Waals surface area contributed by atoms with E-state index in [4.69, 9.17) is 5.11 Å². The molecule has 1 aromatic heterocycles. The molecule has 0 aliphatic heterocycles. The maximum absolute atomic E-state index is 13.9. The van der Waals surface area contributed by atoms with E-state index in [1.807, 2.05) is 16.9 Å². The van der Waals surface area contributed by atoms with E-state index in [1.54, 1.807) is 17.8 Å². The smallest absolute Gasteiger partial charge is 0.313 e. The van der Waals surface area contributed by atoms with Gasteiger partial charge in [-0.3, -0.25) is 4.79 Å². The normalized spacial score (nSPS) is 12.7. The molecule has 0 aliphatic rings. The summed E-state index contributed by atoms with van der Waals surface area (Å²) in [6.45, 7) is 2.07. The van der Waals surface area contributed by atoms with Crippen LogP contribution in [0.5, 0.6) is 0 Å². The number of carboxylic acid groups (broad SMARTS) is 1. The van der Waals surface area contributed by atoms with Gasteiger partial charge in [-0.2, -0.15) is 11.8 Å². The first-order valence-electron chi connectivity index (χ1n) is 6.58. The Hall–Kier alpha value is -1.21. The lowest BCUT2D eigenvalue weighted by Gasteiger charge is -2.19. The highest BCUT2D eigenvalue weighted by atomic mass is 32.2. The first-order valence-corrected chi connectivity index (χ1v) is 8.96. The minimum atomic E-state index is -0.906. The van der Waals surface area contributed by atoms with Crippen molar-refractivity contribution < 1.29 is 14.3 Å². The Morgan fingerprint density at radius 3 is 2.90 bits per heavy atom. The van der Waals surface area contributed by atoms with Crippen molar-refractivity contribution in [3.63, 3.8) is 0 Å². The number of nitrogens with zero attached hydrogens (tertiary/aromatic N) is 2. The predicted molar refractivity (Wildman–Crippen MR) is 85.8 cm³/mol. The van der Waals surface area contributed by atoms with Crippen LogP contribution >= 0.6 is 23.5 Å². The Bertz CT molecular complexity index is 645. The zero-order valence-electron chi connectivity index (χ0n) is 11.9. The molecule has 114 valence electrons. The van der Waals surface area contributed by atoms with Crippen molar-refractivity contribution in [1.82, 2.24) is 9.55 Å². The molecule has 2 rings (SSSR count). The van der Waals surface area contributed by atoms with E-state index in [1.165, 1.54) is 6.07 Å². The van der Waals surface area contributed by atoms with Crippen LogP contribution < -0.4 is 0 Å². The Balaban J connectivity index is 2.53. The van der Waals surface area contributed by atoms with Gasteiger partial charge in [0, 0.05) is 11.8 Å². The maximum Gasteiger partial charge on any atom is 0.313 e. The third-order valence-electron chi connectivity index (χ3n) is 3.16.